The lowest BCUT2D eigenvalue weighted by Gasteiger charge is -2.36. The molecule has 0 aromatic carbocycles. The molecule has 0 N–H and O–H groups in total. The number of piperazine rings is 1. The maximum absolute atomic E-state index is 12.4. The standard InChI is InChI=1S/C16H23ClN4O2/c17-15-11-18-2-1-14(15)12-19-3-5-21(6-4-19)16(22)13-20-7-9-23-10-8-20/h1-2,11H,3-10,12-13H2. The van der Waals surface area contributed by atoms with Gasteiger partial charge < -0.3 is 9.64 Å². The van der Waals surface area contributed by atoms with Crippen LogP contribution in [0.3, 0.4) is 0 Å². The van der Waals surface area contributed by atoms with E-state index in [9.17, 15) is 4.79 Å². The molecule has 2 fully saturated rings. The molecule has 2 aliphatic rings. The van der Waals surface area contributed by atoms with Crippen LogP contribution in [0.2, 0.25) is 5.02 Å². The van der Waals surface area contributed by atoms with Crippen molar-refractivity contribution < 1.29 is 9.53 Å². The molecule has 3 rings (SSSR count). The number of hydrogen-bond acceptors (Lipinski definition) is 5. The number of rotatable bonds is 4. The molecule has 3 heterocycles. The Labute approximate surface area is 142 Å². The zero-order valence-corrected chi connectivity index (χ0v) is 14.0. The lowest BCUT2D eigenvalue weighted by Crippen LogP contribution is -2.52. The van der Waals surface area contributed by atoms with Crippen molar-refractivity contribution in [1.82, 2.24) is 19.7 Å². The summed E-state index contributed by atoms with van der Waals surface area (Å²) in [4.78, 5) is 22.9. The van der Waals surface area contributed by atoms with Crippen LogP contribution in [0.25, 0.3) is 0 Å². The topological polar surface area (TPSA) is 48.9 Å². The van der Waals surface area contributed by atoms with Gasteiger partial charge in [0, 0.05) is 58.2 Å². The van der Waals surface area contributed by atoms with E-state index in [1.54, 1.807) is 12.4 Å². The van der Waals surface area contributed by atoms with Gasteiger partial charge in [-0.1, -0.05) is 11.6 Å². The second kappa shape index (κ2) is 8.06. The predicted molar refractivity (Wildman–Crippen MR) is 88.4 cm³/mol. The van der Waals surface area contributed by atoms with E-state index in [1.807, 2.05) is 11.0 Å². The van der Waals surface area contributed by atoms with Crippen LogP contribution in [0.1, 0.15) is 5.56 Å². The number of carbonyl (C=O) groups excluding carboxylic acids is 1. The van der Waals surface area contributed by atoms with Gasteiger partial charge in [0.15, 0.2) is 0 Å². The molecule has 1 aromatic heterocycles. The molecule has 0 aliphatic carbocycles. The first-order chi connectivity index (χ1) is 11.2. The van der Waals surface area contributed by atoms with Gasteiger partial charge in [0.1, 0.15) is 0 Å². The summed E-state index contributed by atoms with van der Waals surface area (Å²) in [7, 11) is 0. The van der Waals surface area contributed by atoms with Crippen LogP contribution in [-0.4, -0.2) is 84.6 Å². The molecular weight excluding hydrogens is 316 g/mol. The monoisotopic (exact) mass is 338 g/mol. The van der Waals surface area contributed by atoms with Crippen molar-refractivity contribution in [2.24, 2.45) is 0 Å². The summed E-state index contributed by atoms with van der Waals surface area (Å²) in [5.74, 6) is 0.230. The summed E-state index contributed by atoms with van der Waals surface area (Å²) < 4.78 is 5.32. The highest BCUT2D eigenvalue weighted by atomic mass is 35.5. The van der Waals surface area contributed by atoms with Crippen molar-refractivity contribution in [2.75, 3.05) is 59.0 Å². The van der Waals surface area contributed by atoms with Crippen molar-refractivity contribution in [1.29, 1.82) is 0 Å². The van der Waals surface area contributed by atoms with Gasteiger partial charge in [0.05, 0.1) is 24.8 Å². The molecule has 0 spiro atoms. The molecule has 23 heavy (non-hydrogen) atoms. The molecule has 1 aromatic rings. The van der Waals surface area contributed by atoms with Crippen LogP contribution in [0.15, 0.2) is 18.5 Å². The average Bonchev–Trinajstić information content (AvgIpc) is 2.58. The number of nitrogens with zero attached hydrogens (tertiary/aromatic N) is 4. The molecule has 0 bridgehead atoms. The summed E-state index contributed by atoms with van der Waals surface area (Å²) in [6.07, 6.45) is 3.45. The Morgan fingerprint density at radius 2 is 1.87 bits per heavy atom. The van der Waals surface area contributed by atoms with E-state index in [-0.39, 0.29) is 5.91 Å². The molecule has 0 atom stereocenters. The highest BCUT2D eigenvalue weighted by Crippen LogP contribution is 2.16. The molecule has 6 nitrogen and oxygen atoms in total. The summed E-state index contributed by atoms with van der Waals surface area (Å²) in [6, 6.07) is 1.96. The van der Waals surface area contributed by atoms with Crippen molar-refractivity contribution in [3.63, 3.8) is 0 Å². The van der Waals surface area contributed by atoms with E-state index in [0.29, 0.717) is 11.6 Å². The normalized spacial score (nSPS) is 20.7. The fourth-order valence-electron chi connectivity index (χ4n) is 2.98. The molecule has 2 saturated heterocycles. The Morgan fingerprint density at radius 3 is 2.57 bits per heavy atom. The first-order valence-electron chi connectivity index (χ1n) is 8.11. The Balaban J connectivity index is 1.44. The van der Waals surface area contributed by atoms with Crippen LogP contribution >= 0.6 is 11.6 Å². The first kappa shape index (κ1) is 16.6. The number of ether oxygens (including phenoxy) is 1. The van der Waals surface area contributed by atoms with Gasteiger partial charge in [-0.25, -0.2) is 0 Å². The van der Waals surface area contributed by atoms with Crippen LogP contribution in [0, 0.1) is 0 Å². The molecule has 2 aliphatic heterocycles. The van der Waals surface area contributed by atoms with E-state index < -0.39 is 0 Å². The number of carbonyl (C=O) groups is 1. The van der Waals surface area contributed by atoms with Crippen LogP contribution in [0.4, 0.5) is 0 Å². The average molecular weight is 339 g/mol. The van der Waals surface area contributed by atoms with Gasteiger partial charge in [-0.3, -0.25) is 19.6 Å². The number of aromatic nitrogens is 1. The largest absolute Gasteiger partial charge is 0.379 e. The van der Waals surface area contributed by atoms with Gasteiger partial charge in [0.2, 0.25) is 5.91 Å². The van der Waals surface area contributed by atoms with Gasteiger partial charge in [0.25, 0.3) is 0 Å². The zero-order valence-electron chi connectivity index (χ0n) is 13.3. The third-order valence-corrected chi connectivity index (χ3v) is 4.78. The maximum Gasteiger partial charge on any atom is 0.236 e. The summed E-state index contributed by atoms with van der Waals surface area (Å²) in [6.45, 7) is 7.82. The fourth-order valence-corrected chi connectivity index (χ4v) is 3.16. The van der Waals surface area contributed by atoms with Crippen molar-refractivity contribution in [3.8, 4) is 0 Å². The maximum atomic E-state index is 12.4. The molecule has 1 amide bonds. The lowest BCUT2D eigenvalue weighted by atomic mass is 10.2. The summed E-state index contributed by atoms with van der Waals surface area (Å²) >= 11 is 6.16. The van der Waals surface area contributed by atoms with Crippen molar-refractivity contribution >= 4 is 17.5 Å². The smallest absolute Gasteiger partial charge is 0.236 e. The van der Waals surface area contributed by atoms with Gasteiger partial charge in [-0.05, 0) is 11.6 Å². The van der Waals surface area contributed by atoms with E-state index in [4.69, 9.17) is 16.3 Å². The summed E-state index contributed by atoms with van der Waals surface area (Å²) in [5.41, 5.74) is 1.09. The minimum Gasteiger partial charge on any atom is -0.379 e. The van der Waals surface area contributed by atoms with Gasteiger partial charge >= 0.3 is 0 Å². The number of morpholine rings is 1. The molecular formula is C16H23ClN4O2. The SMILES string of the molecule is O=C(CN1CCOCC1)N1CCN(Cc2ccncc2Cl)CC1. The van der Waals surface area contributed by atoms with Gasteiger partial charge in [-0.15, -0.1) is 0 Å². The zero-order chi connectivity index (χ0) is 16.1. The third kappa shape index (κ3) is 4.64. The Bertz CT molecular complexity index is 529. The van der Waals surface area contributed by atoms with Gasteiger partial charge in [-0.2, -0.15) is 0 Å². The van der Waals surface area contributed by atoms with Crippen LogP contribution in [-0.2, 0) is 16.1 Å². The highest BCUT2D eigenvalue weighted by Gasteiger charge is 2.23. The molecule has 7 heteroatoms. The van der Waals surface area contributed by atoms with Crippen molar-refractivity contribution in [3.05, 3.63) is 29.0 Å². The van der Waals surface area contributed by atoms with E-state index in [1.165, 1.54) is 0 Å². The van der Waals surface area contributed by atoms with E-state index in [0.717, 1.165) is 64.6 Å². The Hall–Kier alpha value is -1.21. The van der Waals surface area contributed by atoms with E-state index >= 15 is 0 Å². The first-order valence-corrected chi connectivity index (χ1v) is 8.49. The minimum absolute atomic E-state index is 0.230. The molecule has 0 saturated carbocycles. The Morgan fingerprint density at radius 1 is 1.13 bits per heavy atom. The number of hydrogen-bond donors (Lipinski definition) is 0. The second-order valence-electron chi connectivity index (χ2n) is 6.01. The van der Waals surface area contributed by atoms with Crippen molar-refractivity contribution in [2.45, 2.75) is 6.54 Å². The number of halogens is 1. The third-order valence-electron chi connectivity index (χ3n) is 4.44. The predicted octanol–water partition coefficient (Wildman–Crippen LogP) is 0.711. The highest BCUT2D eigenvalue weighted by molar-refractivity contribution is 6.31. The quantitative estimate of drug-likeness (QED) is 0.809. The van der Waals surface area contributed by atoms with E-state index in [2.05, 4.69) is 14.8 Å². The molecule has 0 unspecified atom stereocenters. The second-order valence-corrected chi connectivity index (χ2v) is 6.42. The molecule has 126 valence electrons. The number of pyridine rings is 1. The lowest BCUT2D eigenvalue weighted by molar-refractivity contribution is -0.135. The molecule has 0 radical (unpaired) electrons. The fraction of sp³-hybridized carbons (Fsp3) is 0.625. The minimum atomic E-state index is 0.230. The summed E-state index contributed by atoms with van der Waals surface area (Å²) in [5, 5.41) is 0.707. The van der Waals surface area contributed by atoms with Crippen LogP contribution in [0.5, 0.6) is 0 Å². The number of amides is 1. The van der Waals surface area contributed by atoms with Crippen LogP contribution < -0.4 is 0 Å². The Kier molecular flexibility index (Phi) is 5.83.